The summed E-state index contributed by atoms with van der Waals surface area (Å²) in [6.07, 6.45) is 0. The van der Waals surface area contributed by atoms with Crippen molar-refractivity contribution in [3.8, 4) is 0 Å². The second-order valence-corrected chi connectivity index (χ2v) is 19.1. The van der Waals surface area contributed by atoms with Crippen LogP contribution in [0.5, 0.6) is 0 Å². The quantitative estimate of drug-likeness (QED) is 0.148. The molecule has 0 spiro atoms. The molecule has 0 aromatic carbocycles. The van der Waals surface area contributed by atoms with Crippen LogP contribution in [0.15, 0.2) is 0 Å². The average Bonchev–Trinajstić information content (AvgIpc) is 2.18. The van der Waals surface area contributed by atoms with Crippen LogP contribution in [0.2, 0.25) is 0 Å². The molecule has 0 aromatic heterocycles. The molecule has 280 valence electrons. The molecule has 0 saturated heterocycles. The highest BCUT2D eigenvalue weighted by molar-refractivity contribution is 6.24. The van der Waals surface area contributed by atoms with E-state index in [0.717, 1.165) is 31.4 Å². The maximum absolute atomic E-state index is 8.42. The van der Waals surface area contributed by atoms with E-state index < -0.39 is 7.32 Å². The molecule has 0 aliphatic rings. The fourth-order valence-corrected chi connectivity index (χ4v) is 0. The van der Waals surface area contributed by atoms with Crippen LogP contribution in [0.4, 0.5) is 0 Å². The maximum atomic E-state index is 8.42. The van der Waals surface area contributed by atoms with E-state index >= 15 is 0 Å². The minimum atomic E-state index is -2.92. The molecule has 10 nitrogen and oxygen atoms in total. The van der Waals surface area contributed by atoms with Crippen LogP contribution in [-0.4, -0.2) is 236 Å². The Morgan fingerprint density at radius 1 is 0.209 bits per heavy atom. The summed E-state index contributed by atoms with van der Waals surface area (Å²) >= 11 is 0. The van der Waals surface area contributed by atoms with Gasteiger partial charge >= 0.3 is 0 Å². The summed E-state index contributed by atoms with van der Waals surface area (Å²) in [7, 11) is 56.6. The van der Waals surface area contributed by atoms with Crippen molar-refractivity contribution in [1.29, 1.82) is 0 Å². The van der Waals surface area contributed by atoms with E-state index in [1.165, 1.54) is 0 Å². The molecule has 0 aliphatic heterocycles. The molecule has 15 heteroatoms. The number of hydrogen-bond donors (Lipinski definition) is 0. The molecular weight excluding hydrogens is 569 g/mol. The number of rotatable bonds is 0. The highest BCUT2D eigenvalue weighted by atomic mass is 19.0. The molecule has 0 atom stereocenters. The summed E-state index contributed by atoms with van der Waals surface area (Å²) < 4.78 is 7.00. The summed E-state index contributed by atoms with van der Waals surface area (Å²) in [5, 5.41) is 25.2. The normalized spacial score (nSPS) is 10.4. The monoisotopic (exact) mass is 654 g/mol. The van der Waals surface area contributed by atoms with E-state index in [2.05, 4.69) is 197 Å². The number of halogens is 4. The molecule has 0 fully saturated rings. The minimum absolute atomic E-state index is 0. The molecule has 0 unspecified atom stereocenters. The molecule has 0 rings (SSSR count). The Hall–Kier alpha value is -0.615. The van der Waals surface area contributed by atoms with Crippen molar-refractivity contribution >= 4 is 7.32 Å². The smallest absolute Gasteiger partial charge is 0.0675 e. The average molecular weight is 654 g/mol. The van der Waals surface area contributed by atoms with Crippen molar-refractivity contribution < 1.29 is 65.3 Å². The van der Waals surface area contributed by atoms with Crippen molar-refractivity contribution in [3.05, 3.63) is 0 Å². The molecule has 0 saturated carbocycles. The van der Waals surface area contributed by atoms with E-state index in [-0.39, 0.29) is 18.8 Å². The third-order valence-electron chi connectivity index (χ3n) is 0. The standard InChI is InChI=1S/7C4H12N.BO3.4FH/c7*1-5(2,3)4;2-1(3)4;;;;/h7*1-4H3;;4*1H/q7*+1;-3;;;;/p-4. The van der Waals surface area contributed by atoms with Gasteiger partial charge in [-0.3, -0.25) is 7.32 Å². The lowest BCUT2D eigenvalue weighted by molar-refractivity contribution is -0.849. The van der Waals surface area contributed by atoms with Gasteiger partial charge in [0.05, 0.1) is 197 Å². The Bertz CT molecular complexity index is 329. The van der Waals surface area contributed by atoms with Crippen molar-refractivity contribution in [3.63, 3.8) is 0 Å². The van der Waals surface area contributed by atoms with Gasteiger partial charge in [0, 0.05) is 0 Å². The lowest BCUT2D eigenvalue weighted by atomic mass is 10.3. The van der Waals surface area contributed by atoms with Gasteiger partial charge in [0.25, 0.3) is 0 Å². The second kappa shape index (κ2) is 34.3. The Kier molecular flexibility index (Phi) is 62.6. The summed E-state index contributed by atoms with van der Waals surface area (Å²) in [5.41, 5.74) is 0. The van der Waals surface area contributed by atoms with Gasteiger partial charge < -0.3 is 65.3 Å². The van der Waals surface area contributed by atoms with Crippen LogP contribution in [-0.2, 0) is 0 Å². The SMILES string of the molecule is C[N+](C)(C)C.C[N+](C)(C)C.C[N+](C)(C)C.C[N+](C)(C)C.C[N+](C)(C)C.C[N+](C)(C)C.C[N+](C)(C)C.[F-].[F-].[F-].[F-].[O-]B([O-])[O-]. The zero-order valence-corrected chi connectivity index (χ0v) is 34.4. The van der Waals surface area contributed by atoms with Crippen LogP contribution >= 0.6 is 0 Å². The Balaban J connectivity index is -0.0000000252. The fraction of sp³-hybridized carbons (Fsp3) is 1.00. The molecule has 43 heavy (non-hydrogen) atoms. The number of quaternary nitrogens is 7. The molecule has 0 radical (unpaired) electrons. The minimum Gasteiger partial charge on any atom is -1.00 e. The van der Waals surface area contributed by atoms with Crippen molar-refractivity contribution in [2.75, 3.05) is 197 Å². The zero-order chi connectivity index (χ0) is 35.1. The predicted octanol–water partition coefficient (Wildman–Crippen LogP) is -13.7. The Labute approximate surface area is 270 Å². The highest BCUT2D eigenvalue weighted by Gasteiger charge is 1.91. The first-order valence-corrected chi connectivity index (χ1v) is 13.2. The van der Waals surface area contributed by atoms with E-state index in [9.17, 15) is 0 Å². The third kappa shape index (κ3) is 170000. The van der Waals surface area contributed by atoms with Crippen LogP contribution in [0.3, 0.4) is 0 Å². The van der Waals surface area contributed by atoms with Gasteiger partial charge in [-0.1, -0.05) is 0 Å². The van der Waals surface area contributed by atoms with Crippen LogP contribution in [0.25, 0.3) is 0 Å². The Morgan fingerprint density at radius 3 is 0.209 bits per heavy atom. The van der Waals surface area contributed by atoms with Gasteiger partial charge in [-0.2, -0.15) is 0 Å². The van der Waals surface area contributed by atoms with Crippen molar-refractivity contribution in [2.24, 2.45) is 0 Å². The lowest BCUT2D eigenvalue weighted by Gasteiger charge is -2.35. The van der Waals surface area contributed by atoms with Gasteiger partial charge in [0.1, 0.15) is 0 Å². The topological polar surface area (TPSA) is 69.2 Å². The van der Waals surface area contributed by atoms with E-state index in [1.54, 1.807) is 0 Å². The van der Waals surface area contributed by atoms with Gasteiger partial charge in [0.2, 0.25) is 0 Å². The molecule has 0 N–H and O–H groups in total. The van der Waals surface area contributed by atoms with E-state index in [1.807, 2.05) is 0 Å². The highest BCUT2D eigenvalue weighted by Crippen LogP contribution is 1.76. The van der Waals surface area contributed by atoms with Crippen LogP contribution in [0.1, 0.15) is 0 Å². The maximum Gasteiger partial charge on any atom is 0.0675 e. The third-order valence-corrected chi connectivity index (χ3v) is 0. The van der Waals surface area contributed by atoms with Crippen molar-refractivity contribution in [1.82, 2.24) is 0 Å². The first kappa shape index (κ1) is 78.6. The first-order chi connectivity index (χ1) is 15.7. The molecule has 0 bridgehead atoms. The Morgan fingerprint density at radius 2 is 0.209 bits per heavy atom. The van der Waals surface area contributed by atoms with Gasteiger partial charge in [-0.15, -0.1) is 0 Å². The van der Waals surface area contributed by atoms with Gasteiger partial charge in [-0.25, -0.2) is 0 Å². The predicted molar refractivity (Wildman–Crippen MR) is 173 cm³/mol. The number of hydrogen-bond acceptors (Lipinski definition) is 3. The largest absolute Gasteiger partial charge is 1.00 e. The summed E-state index contributed by atoms with van der Waals surface area (Å²) in [6.45, 7) is 0. The van der Waals surface area contributed by atoms with Gasteiger partial charge in [-0.05, 0) is 0 Å². The van der Waals surface area contributed by atoms with Crippen molar-refractivity contribution in [2.45, 2.75) is 0 Å². The molecule has 0 aromatic rings. The lowest BCUT2D eigenvalue weighted by Crippen LogP contribution is -3.00. The van der Waals surface area contributed by atoms with Gasteiger partial charge in [0.15, 0.2) is 0 Å². The fourth-order valence-electron chi connectivity index (χ4n) is 0. The van der Waals surface area contributed by atoms with Crippen LogP contribution in [0, 0.1) is 0 Å². The summed E-state index contributed by atoms with van der Waals surface area (Å²) in [6, 6.07) is 0. The molecule has 0 heterocycles. The number of nitrogens with zero attached hydrogens (tertiary/aromatic N) is 7. The zero-order valence-electron chi connectivity index (χ0n) is 34.4. The molecule has 0 amide bonds. The van der Waals surface area contributed by atoms with E-state index in [0.29, 0.717) is 0 Å². The second-order valence-electron chi connectivity index (χ2n) is 19.1. The summed E-state index contributed by atoms with van der Waals surface area (Å²) in [5.74, 6) is 0. The van der Waals surface area contributed by atoms with Crippen LogP contribution < -0.4 is 33.9 Å². The molecular formula is C28H84BF4N7O3. The first-order valence-electron chi connectivity index (χ1n) is 13.2. The molecule has 0 aliphatic carbocycles. The van der Waals surface area contributed by atoms with E-state index in [4.69, 9.17) is 15.1 Å². The summed E-state index contributed by atoms with van der Waals surface area (Å²) in [4.78, 5) is 0.